The van der Waals surface area contributed by atoms with Crippen molar-refractivity contribution in [2.24, 2.45) is 5.92 Å². The molecule has 7 heteroatoms. The van der Waals surface area contributed by atoms with E-state index in [1.165, 1.54) is 5.56 Å². The van der Waals surface area contributed by atoms with Gasteiger partial charge in [0.25, 0.3) is 0 Å². The average molecular weight is 427 g/mol. The van der Waals surface area contributed by atoms with Crippen LogP contribution in [0.4, 0.5) is 4.79 Å². The molecule has 0 aliphatic carbocycles. The number of likely N-dealkylation sites (tertiary alicyclic amines) is 2. The fourth-order valence-corrected chi connectivity index (χ4v) is 4.26. The lowest BCUT2D eigenvalue weighted by Crippen LogP contribution is -2.52. The van der Waals surface area contributed by atoms with Gasteiger partial charge in [-0.05, 0) is 70.7 Å². The Bertz CT molecular complexity index is 810. The largest absolute Gasteiger partial charge is 0.444 e. The Balaban J connectivity index is 1.50. The van der Waals surface area contributed by atoms with Crippen molar-refractivity contribution in [1.29, 1.82) is 5.26 Å². The van der Waals surface area contributed by atoms with Gasteiger partial charge in [-0.15, -0.1) is 0 Å². The highest BCUT2D eigenvalue weighted by molar-refractivity contribution is 5.80. The molecule has 1 N–H and O–H groups in total. The van der Waals surface area contributed by atoms with Gasteiger partial charge in [0.15, 0.2) is 0 Å². The number of nitriles is 1. The maximum atomic E-state index is 12.9. The van der Waals surface area contributed by atoms with Crippen molar-refractivity contribution in [2.75, 3.05) is 26.2 Å². The Hall–Kier alpha value is -2.59. The second kappa shape index (κ2) is 10.1. The van der Waals surface area contributed by atoms with E-state index in [-0.39, 0.29) is 24.0 Å². The van der Waals surface area contributed by atoms with Gasteiger partial charge in [0.2, 0.25) is 5.91 Å². The number of piperidine rings is 2. The highest BCUT2D eigenvalue weighted by atomic mass is 16.6. The smallest absolute Gasteiger partial charge is 0.410 e. The van der Waals surface area contributed by atoms with Crippen LogP contribution in [0.15, 0.2) is 24.3 Å². The van der Waals surface area contributed by atoms with Gasteiger partial charge in [-0.1, -0.05) is 12.1 Å². The first-order valence-electron chi connectivity index (χ1n) is 11.2. The molecule has 31 heavy (non-hydrogen) atoms. The molecule has 7 nitrogen and oxygen atoms in total. The molecule has 2 aliphatic heterocycles. The van der Waals surface area contributed by atoms with Crippen LogP contribution in [0.3, 0.4) is 0 Å². The Morgan fingerprint density at radius 3 is 2.52 bits per heavy atom. The minimum Gasteiger partial charge on any atom is -0.444 e. The van der Waals surface area contributed by atoms with Crippen molar-refractivity contribution in [3.05, 3.63) is 35.4 Å². The molecule has 2 heterocycles. The SMILES string of the molecule is CC(C)(C)OC(=O)N1CCC[C@@H](C(=O)N[C@@H]2CCCN(Cc3ccc(C#N)cc3)C2)C1. The maximum absolute atomic E-state index is 12.9. The van der Waals surface area contributed by atoms with Crippen LogP contribution in [0, 0.1) is 17.2 Å². The number of rotatable bonds is 4. The van der Waals surface area contributed by atoms with E-state index in [2.05, 4.69) is 16.3 Å². The van der Waals surface area contributed by atoms with Crippen molar-refractivity contribution < 1.29 is 14.3 Å². The molecule has 0 spiro atoms. The molecule has 1 aromatic carbocycles. The van der Waals surface area contributed by atoms with Crippen molar-refractivity contribution >= 4 is 12.0 Å². The zero-order valence-electron chi connectivity index (χ0n) is 18.9. The van der Waals surface area contributed by atoms with Crippen LogP contribution < -0.4 is 5.32 Å². The second-order valence-corrected chi connectivity index (χ2v) is 9.66. The van der Waals surface area contributed by atoms with E-state index in [0.29, 0.717) is 18.7 Å². The summed E-state index contributed by atoms with van der Waals surface area (Å²) in [5, 5.41) is 12.2. The van der Waals surface area contributed by atoms with E-state index < -0.39 is 5.60 Å². The van der Waals surface area contributed by atoms with Gasteiger partial charge in [0.1, 0.15) is 5.60 Å². The molecule has 0 bridgehead atoms. The number of amides is 2. The van der Waals surface area contributed by atoms with Crippen LogP contribution in [0.2, 0.25) is 0 Å². The average Bonchev–Trinajstić information content (AvgIpc) is 2.73. The summed E-state index contributed by atoms with van der Waals surface area (Å²) >= 11 is 0. The van der Waals surface area contributed by atoms with Crippen molar-refractivity contribution in [1.82, 2.24) is 15.1 Å². The molecule has 0 aromatic heterocycles. The number of carbonyl (C=O) groups excluding carboxylic acids is 2. The zero-order chi connectivity index (χ0) is 22.4. The summed E-state index contributed by atoms with van der Waals surface area (Å²) in [6.45, 7) is 9.25. The second-order valence-electron chi connectivity index (χ2n) is 9.66. The lowest BCUT2D eigenvalue weighted by molar-refractivity contribution is -0.127. The molecule has 1 aromatic rings. The minimum absolute atomic E-state index is 0.0403. The lowest BCUT2D eigenvalue weighted by atomic mass is 9.96. The fourth-order valence-electron chi connectivity index (χ4n) is 4.26. The van der Waals surface area contributed by atoms with Crippen LogP contribution in [0.25, 0.3) is 0 Å². The number of nitrogens with one attached hydrogen (secondary N) is 1. The quantitative estimate of drug-likeness (QED) is 0.799. The first-order valence-corrected chi connectivity index (χ1v) is 11.2. The summed E-state index contributed by atoms with van der Waals surface area (Å²) in [7, 11) is 0. The third-order valence-corrected chi connectivity index (χ3v) is 5.78. The number of ether oxygens (including phenoxy) is 1. The monoisotopic (exact) mass is 426 g/mol. The van der Waals surface area contributed by atoms with Crippen LogP contribution in [-0.4, -0.2) is 59.6 Å². The maximum Gasteiger partial charge on any atom is 0.410 e. The van der Waals surface area contributed by atoms with E-state index in [0.717, 1.165) is 45.3 Å². The number of hydrogen-bond acceptors (Lipinski definition) is 5. The number of carbonyl (C=O) groups is 2. The Morgan fingerprint density at radius 1 is 1.13 bits per heavy atom. The van der Waals surface area contributed by atoms with Gasteiger partial charge in [-0.25, -0.2) is 4.79 Å². The van der Waals surface area contributed by atoms with E-state index in [1.54, 1.807) is 4.90 Å². The Morgan fingerprint density at radius 2 is 1.84 bits per heavy atom. The zero-order valence-corrected chi connectivity index (χ0v) is 18.9. The third-order valence-electron chi connectivity index (χ3n) is 5.78. The summed E-state index contributed by atoms with van der Waals surface area (Å²) in [5.74, 6) is -0.145. The predicted molar refractivity (Wildman–Crippen MR) is 118 cm³/mol. The van der Waals surface area contributed by atoms with Gasteiger partial charge in [-0.3, -0.25) is 9.69 Å². The molecule has 0 unspecified atom stereocenters. The molecule has 0 radical (unpaired) electrons. The molecule has 2 atom stereocenters. The summed E-state index contributed by atoms with van der Waals surface area (Å²) < 4.78 is 5.47. The first kappa shape index (κ1) is 23.1. The van der Waals surface area contributed by atoms with Gasteiger partial charge in [0.05, 0.1) is 17.6 Å². The Labute approximate surface area is 185 Å². The molecule has 2 saturated heterocycles. The summed E-state index contributed by atoms with van der Waals surface area (Å²) in [5.41, 5.74) is 1.30. The fraction of sp³-hybridized carbons (Fsp3) is 0.625. The van der Waals surface area contributed by atoms with Gasteiger partial charge in [0, 0.05) is 32.2 Å². The van der Waals surface area contributed by atoms with E-state index in [1.807, 2.05) is 45.0 Å². The number of hydrogen-bond donors (Lipinski definition) is 1. The highest BCUT2D eigenvalue weighted by Gasteiger charge is 2.32. The van der Waals surface area contributed by atoms with Crippen molar-refractivity contribution in [2.45, 2.75) is 64.6 Å². The van der Waals surface area contributed by atoms with E-state index >= 15 is 0 Å². The number of benzene rings is 1. The predicted octanol–water partition coefficient (Wildman–Crippen LogP) is 3.29. The lowest BCUT2D eigenvalue weighted by Gasteiger charge is -2.36. The summed E-state index contributed by atoms with van der Waals surface area (Å²) in [4.78, 5) is 29.3. The van der Waals surface area contributed by atoms with E-state index in [4.69, 9.17) is 10.00 Å². The topological polar surface area (TPSA) is 85.7 Å². The molecule has 3 rings (SSSR count). The highest BCUT2D eigenvalue weighted by Crippen LogP contribution is 2.21. The molecular weight excluding hydrogens is 392 g/mol. The van der Waals surface area contributed by atoms with Crippen LogP contribution in [0.1, 0.15) is 57.6 Å². The molecule has 2 fully saturated rings. The van der Waals surface area contributed by atoms with Crippen LogP contribution >= 0.6 is 0 Å². The molecule has 168 valence electrons. The molecule has 2 amide bonds. The Kier molecular flexibility index (Phi) is 7.55. The molecule has 2 aliphatic rings. The van der Waals surface area contributed by atoms with E-state index in [9.17, 15) is 9.59 Å². The normalized spacial score (nSPS) is 22.5. The van der Waals surface area contributed by atoms with Crippen LogP contribution in [-0.2, 0) is 16.1 Å². The summed E-state index contributed by atoms with van der Waals surface area (Å²) in [6, 6.07) is 9.95. The van der Waals surface area contributed by atoms with Crippen molar-refractivity contribution in [3.8, 4) is 6.07 Å². The number of nitrogens with zero attached hydrogens (tertiary/aromatic N) is 3. The van der Waals surface area contributed by atoms with Crippen LogP contribution in [0.5, 0.6) is 0 Å². The molecule has 0 saturated carbocycles. The van der Waals surface area contributed by atoms with Gasteiger partial charge >= 0.3 is 6.09 Å². The molecular formula is C24H34N4O3. The van der Waals surface area contributed by atoms with Gasteiger partial charge in [-0.2, -0.15) is 5.26 Å². The van der Waals surface area contributed by atoms with Crippen molar-refractivity contribution in [3.63, 3.8) is 0 Å². The minimum atomic E-state index is -0.535. The third kappa shape index (κ3) is 6.96. The summed E-state index contributed by atoms with van der Waals surface area (Å²) in [6.07, 6.45) is 3.28. The van der Waals surface area contributed by atoms with Gasteiger partial charge < -0.3 is 15.0 Å². The standard InChI is InChI=1S/C24H34N4O3/c1-24(2,3)31-23(30)28-13-4-6-20(16-28)22(29)26-21-7-5-12-27(17-21)15-19-10-8-18(14-25)9-11-19/h8-11,20-21H,4-7,12-13,15-17H2,1-3H3,(H,26,29)/t20-,21-/m1/s1. The first-order chi connectivity index (χ1) is 14.7.